The summed E-state index contributed by atoms with van der Waals surface area (Å²) in [7, 11) is 0. The zero-order chi connectivity index (χ0) is 17.3. The number of hydrogen-bond donors (Lipinski definition) is 1. The molecule has 5 nitrogen and oxygen atoms in total. The van der Waals surface area contributed by atoms with Gasteiger partial charge in [0.05, 0.1) is 11.1 Å². The number of hydrogen-bond acceptors (Lipinski definition) is 3. The van der Waals surface area contributed by atoms with Gasteiger partial charge in [-0.3, -0.25) is 19.3 Å². The molecule has 0 bridgehead atoms. The molecule has 1 heterocycles. The van der Waals surface area contributed by atoms with Crippen LogP contribution in [0.5, 0.6) is 0 Å². The molecule has 2 unspecified atom stereocenters. The molecule has 128 valence electrons. The van der Waals surface area contributed by atoms with E-state index in [0.29, 0.717) is 17.0 Å². The molecule has 0 spiro atoms. The largest absolute Gasteiger partial charge is 0.353 e. The molecular weight excluding hydrogens is 304 g/mol. The minimum atomic E-state index is -0.297. The van der Waals surface area contributed by atoms with E-state index in [4.69, 9.17) is 0 Å². The first kappa shape index (κ1) is 16.7. The Balaban J connectivity index is 1.56. The van der Waals surface area contributed by atoms with Crippen LogP contribution < -0.4 is 5.32 Å². The zero-order valence-corrected chi connectivity index (χ0v) is 14.3. The summed E-state index contributed by atoms with van der Waals surface area (Å²) in [6, 6.07) is 5.48. The number of benzene rings is 1. The summed E-state index contributed by atoms with van der Waals surface area (Å²) in [6.45, 7) is 4.23. The average molecular weight is 328 g/mol. The Hall–Kier alpha value is -2.17. The molecule has 2 atom stereocenters. The average Bonchev–Trinajstić information content (AvgIpc) is 2.76. The molecule has 3 rings (SSSR count). The Morgan fingerprint density at radius 2 is 1.96 bits per heavy atom. The molecule has 1 aliphatic heterocycles. The Morgan fingerprint density at radius 3 is 2.71 bits per heavy atom. The van der Waals surface area contributed by atoms with Crippen molar-refractivity contribution < 1.29 is 14.4 Å². The van der Waals surface area contributed by atoms with Crippen LogP contribution in [0.4, 0.5) is 0 Å². The van der Waals surface area contributed by atoms with Crippen LogP contribution in [-0.2, 0) is 4.79 Å². The van der Waals surface area contributed by atoms with Crippen LogP contribution in [0.2, 0.25) is 0 Å². The van der Waals surface area contributed by atoms with Crippen molar-refractivity contribution in [3.8, 4) is 0 Å². The van der Waals surface area contributed by atoms with E-state index in [1.54, 1.807) is 12.1 Å². The highest BCUT2D eigenvalue weighted by atomic mass is 16.2. The number of carbonyl (C=O) groups excluding carboxylic acids is 3. The minimum absolute atomic E-state index is 0.0816. The lowest BCUT2D eigenvalue weighted by atomic mass is 9.87. The van der Waals surface area contributed by atoms with Gasteiger partial charge in [-0.15, -0.1) is 0 Å². The van der Waals surface area contributed by atoms with Crippen LogP contribution in [0.15, 0.2) is 18.2 Å². The van der Waals surface area contributed by atoms with Crippen molar-refractivity contribution in [1.29, 1.82) is 0 Å². The summed E-state index contributed by atoms with van der Waals surface area (Å²) in [5.74, 6) is -0.0303. The van der Waals surface area contributed by atoms with Gasteiger partial charge >= 0.3 is 0 Å². The van der Waals surface area contributed by atoms with Crippen LogP contribution in [0.3, 0.4) is 0 Å². The fourth-order valence-electron chi connectivity index (χ4n) is 3.69. The molecule has 0 radical (unpaired) electrons. The van der Waals surface area contributed by atoms with Crippen LogP contribution in [0.1, 0.15) is 65.3 Å². The van der Waals surface area contributed by atoms with Crippen molar-refractivity contribution in [2.75, 3.05) is 6.54 Å². The molecule has 1 aromatic carbocycles. The highest BCUT2D eigenvalue weighted by molar-refractivity contribution is 6.21. The summed E-state index contributed by atoms with van der Waals surface area (Å²) in [6.07, 6.45) is 4.56. The zero-order valence-electron chi connectivity index (χ0n) is 14.3. The van der Waals surface area contributed by atoms with E-state index < -0.39 is 0 Å². The molecule has 3 amide bonds. The van der Waals surface area contributed by atoms with Crippen molar-refractivity contribution in [2.24, 2.45) is 5.92 Å². The topological polar surface area (TPSA) is 66.5 Å². The second kappa shape index (κ2) is 6.75. The van der Waals surface area contributed by atoms with Gasteiger partial charge in [0.25, 0.3) is 11.8 Å². The van der Waals surface area contributed by atoms with E-state index in [2.05, 4.69) is 12.2 Å². The van der Waals surface area contributed by atoms with E-state index in [0.717, 1.165) is 24.8 Å². The van der Waals surface area contributed by atoms with Gasteiger partial charge in [-0.05, 0) is 37.8 Å². The maximum absolute atomic E-state index is 12.4. The fraction of sp³-hybridized carbons (Fsp3) is 0.526. The third kappa shape index (κ3) is 3.35. The highest BCUT2D eigenvalue weighted by Crippen LogP contribution is 2.25. The Kier molecular flexibility index (Phi) is 4.69. The Labute approximate surface area is 142 Å². The monoisotopic (exact) mass is 328 g/mol. The maximum Gasteiger partial charge on any atom is 0.261 e. The quantitative estimate of drug-likeness (QED) is 0.864. The SMILES string of the molecule is Cc1ccc2c(c1)C(=O)N(CCC(=O)NC1CCCC(C)C1)C2=O. The first-order valence-corrected chi connectivity index (χ1v) is 8.72. The van der Waals surface area contributed by atoms with Gasteiger partial charge in [-0.1, -0.05) is 31.4 Å². The van der Waals surface area contributed by atoms with Crippen LogP contribution >= 0.6 is 0 Å². The lowest BCUT2D eigenvalue weighted by Crippen LogP contribution is -2.40. The van der Waals surface area contributed by atoms with Crippen LogP contribution in [0.25, 0.3) is 0 Å². The predicted molar refractivity (Wildman–Crippen MR) is 90.7 cm³/mol. The number of aryl methyl sites for hydroxylation is 1. The number of rotatable bonds is 4. The molecule has 0 aromatic heterocycles. The lowest BCUT2D eigenvalue weighted by molar-refractivity contribution is -0.122. The molecule has 0 saturated heterocycles. The first-order valence-electron chi connectivity index (χ1n) is 8.72. The molecule has 1 N–H and O–H groups in total. The second-order valence-corrected chi connectivity index (χ2v) is 7.10. The molecule has 1 saturated carbocycles. The summed E-state index contributed by atoms with van der Waals surface area (Å²) >= 11 is 0. The van der Waals surface area contributed by atoms with Gasteiger partial charge in [0.2, 0.25) is 5.91 Å². The van der Waals surface area contributed by atoms with E-state index >= 15 is 0 Å². The lowest BCUT2D eigenvalue weighted by Gasteiger charge is -2.27. The van der Waals surface area contributed by atoms with Gasteiger partial charge in [0, 0.05) is 19.0 Å². The number of imide groups is 1. The summed E-state index contributed by atoms with van der Waals surface area (Å²) in [5, 5.41) is 3.04. The molecular formula is C19H24N2O3. The van der Waals surface area contributed by atoms with Gasteiger partial charge in [0.15, 0.2) is 0 Å². The van der Waals surface area contributed by atoms with E-state index in [1.165, 1.54) is 11.3 Å². The second-order valence-electron chi connectivity index (χ2n) is 7.10. The van der Waals surface area contributed by atoms with Crippen molar-refractivity contribution in [2.45, 2.75) is 52.0 Å². The summed E-state index contributed by atoms with van der Waals surface area (Å²) in [4.78, 5) is 38.1. The maximum atomic E-state index is 12.4. The molecule has 2 aliphatic rings. The van der Waals surface area contributed by atoms with Crippen LogP contribution in [0, 0.1) is 12.8 Å². The Morgan fingerprint density at radius 1 is 1.21 bits per heavy atom. The number of fused-ring (bicyclic) bond motifs is 1. The Bertz CT molecular complexity index is 683. The summed E-state index contributed by atoms with van der Waals surface area (Å²) < 4.78 is 0. The van der Waals surface area contributed by atoms with E-state index in [1.807, 2.05) is 13.0 Å². The number of nitrogens with zero attached hydrogens (tertiary/aromatic N) is 1. The van der Waals surface area contributed by atoms with Crippen LogP contribution in [-0.4, -0.2) is 35.2 Å². The van der Waals surface area contributed by atoms with Gasteiger partial charge in [-0.2, -0.15) is 0 Å². The molecule has 24 heavy (non-hydrogen) atoms. The standard InChI is InChI=1S/C19H24N2O3/c1-12-4-3-5-14(10-12)20-17(22)8-9-21-18(23)15-7-6-13(2)11-16(15)19(21)24/h6-7,11-12,14H,3-5,8-10H2,1-2H3,(H,20,22). The molecule has 1 fully saturated rings. The minimum Gasteiger partial charge on any atom is -0.353 e. The molecule has 5 heteroatoms. The normalized spacial score (nSPS) is 23.3. The number of amides is 3. The number of nitrogens with one attached hydrogen (secondary N) is 1. The molecule has 1 aliphatic carbocycles. The van der Waals surface area contributed by atoms with Crippen molar-refractivity contribution in [1.82, 2.24) is 10.2 Å². The third-order valence-corrected chi connectivity index (χ3v) is 4.99. The van der Waals surface area contributed by atoms with Gasteiger partial charge in [0.1, 0.15) is 0 Å². The van der Waals surface area contributed by atoms with Gasteiger partial charge < -0.3 is 5.32 Å². The van der Waals surface area contributed by atoms with E-state index in [9.17, 15) is 14.4 Å². The first-order chi connectivity index (χ1) is 11.5. The van der Waals surface area contributed by atoms with Crippen molar-refractivity contribution >= 4 is 17.7 Å². The predicted octanol–water partition coefficient (Wildman–Crippen LogP) is 2.68. The number of carbonyl (C=O) groups is 3. The summed E-state index contributed by atoms with van der Waals surface area (Å²) in [5.41, 5.74) is 1.83. The fourth-order valence-corrected chi connectivity index (χ4v) is 3.69. The van der Waals surface area contributed by atoms with Gasteiger partial charge in [-0.25, -0.2) is 0 Å². The third-order valence-electron chi connectivity index (χ3n) is 4.99. The smallest absolute Gasteiger partial charge is 0.261 e. The van der Waals surface area contributed by atoms with E-state index in [-0.39, 0.29) is 36.7 Å². The highest BCUT2D eigenvalue weighted by Gasteiger charge is 2.35. The van der Waals surface area contributed by atoms with Crippen molar-refractivity contribution in [3.05, 3.63) is 34.9 Å². The molecule has 1 aromatic rings. The van der Waals surface area contributed by atoms with Crippen molar-refractivity contribution in [3.63, 3.8) is 0 Å².